The van der Waals surface area contributed by atoms with E-state index in [-0.39, 0.29) is 5.41 Å². The SMILES string of the molecule is CCNC(=NCCN1CCCCC1CC)NC1C2CCOC2C1(C)C. The van der Waals surface area contributed by atoms with Crippen molar-refractivity contribution in [2.24, 2.45) is 16.3 Å². The molecule has 3 aliphatic rings. The minimum absolute atomic E-state index is 0.192. The van der Waals surface area contributed by atoms with Crippen molar-refractivity contribution in [3.63, 3.8) is 0 Å². The highest BCUT2D eigenvalue weighted by Gasteiger charge is 2.59. The Hall–Kier alpha value is -0.810. The molecule has 5 heteroatoms. The highest BCUT2D eigenvalue weighted by molar-refractivity contribution is 5.80. The van der Waals surface area contributed by atoms with E-state index in [2.05, 4.69) is 43.2 Å². The number of nitrogens with one attached hydrogen (secondary N) is 2. The summed E-state index contributed by atoms with van der Waals surface area (Å²) in [5, 5.41) is 7.16. The molecule has 0 spiro atoms. The molecule has 1 saturated carbocycles. The molecule has 3 rings (SSSR count). The molecule has 0 amide bonds. The van der Waals surface area contributed by atoms with E-state index in [1.54, 1.807) is 0 Å². The Morgan fingerprint density at radius 3 is 2.84 bits per heavy atom. The quantitative estimate of drug-likeness (QED) is 0.571. The van der Waals surface area contributed by atoms with Crippen molar-refractivity contribution in [3.05, 3.63) is 0 Å². The molecule has 0 aromatic heterocycles. The molecule has 25 heavy (non-hydrogen) atoms. The van der Waals surface area contributed by atoms with Crippen molar-refractivity contribution in [2.75, 3.05) is 32.8 Å². The van der Waals surface area contributed by atoms with Crippen LogP contribution in [0.2, 0.25) is 0 Å². The standard InChI is InChI=1S/C20H38N4O/c1-5-15-9-7-8-12-24(15)13-11-22-19(21-6-2)23-17-16-10-14-25-18(16)20(17,3)4/h15-18H,5-14H2,1-4H3,(H2,21,22,23). The number of hydrogen-bond donors (Lipinski definition) is 2. The fraction of sp³-hybridized carbons (Fsp3) is 0.950. The monoisotopic (exact) mass is 350 g/mol. The van der Waals surface area contributed by atoms with Crippen LogP contribution in [0.3, 0.4) is 0 Å². The maximum Gasteiger partial charge on any atom is 0.191 e. The molecule has 0 aromatic rings. The van der Waals surface area contributed by atoms with Gasteiger partial charge in [0.15, 0.2) is 5.96 Å². The fourth-order valence-corrected chi connectivity index (χ4v) is 5.19. The third-order valence-corrected chi connectivity index (χ3v) is 6.61. The van der Waals surface area contributed by atoms with Gasteiger partial charge in [-0.1, -0.05) is 27.2 Å². The Kier molecular flexibility index (Phi) is 6.26. The normalized spacial score (nSPS) is 35.1. The molecule has 2 aliphatic heterocycles. The summed E-state index contributed by atoms with van der Waals surface area (Å²) in [5.41, 5.74) is 0.192. The van der Waals surface area contributed by atoms with E-state index in [9.17, 15) is 0 Å². The van der Waals surface area contributed by atoms with E-state index in [0.717, 1.165) is 38.2 Å². The first-order valence-electron chi connectivity index (χ1n) is 10.5. The van der Waals surface area contributed by atoms with Crippen LogP contribution >= 0.6 is 0 Å². The second-order valence-electron chi connectivity index (χ2n) is 8.54. The summed E-state index contributed by atoms with van der Waals surface area (Å²) >= 11 is 0. The van der Waals surface area contributed by atoms with E-state index in [0.29, 0.717) is 18.1 Å². The third-order valence-electron chi connectivity index (χ3n) is 6.61. The zero-order valence-corrected chi connectivity index (χ0v) is 16.7. The number of likely N-dealkylation sites (tertiary alicyclic amines) is 1. The van der Waals surface area contributed by atoms with Crippen LogP contribution in [-0.2, 0) is 4.74 Å². The van der Waals surface area contributed by atoms with Crippen LogP contribution in [0, 0.1) is 11.3 Å². The summed E-state index contributed by atoms with van der Waals surface area (Å²) in [6, 6.07) is 1.23. The molecule has 144 valence electrons. The summed E-state index contributed by atoms with van der Waals surface area (Å²) in [6.07, 6.45) is 6.96. The molecule has 1 aliphatic carbocycles. The lowest BCUT2D eigenvalue weighted by Crippen LogP contribution is -2.68. The van der Waals surface area contributed by atoms with Crippen molar-refractivity contribution in [3.8, 4) is 0 Å². The first-order chi connectivity index (χ1) is 12.1. The summed E-state index contributed by atoms with van der Waals surface area (Å²) < 4.78 is 5.92. The second kappa shape index (κ2) is 8.26. The summed E-state index contributed by atoms with van der Waals surface area (Å²) in [5.74, 6) is 1.63. The molecule has 5 nitrogen and oxygen atoms in total. The van der Waals surface area contributed by atoms with Crippen LogP contribution < -0.4 is 10.6 Å². The molecular weight excluding hydrogens is 312 g/mol. The zero-order valence-electron chi connectivity index (χ0n) is 16.7. The van der Waals surface area contributed by atoms with Gasteiger partial charge in [0.05, 0.1) is 12.6 Å². The van der Waals surface area contributed by atoms with Crippen molar-refractivity contribution < 1.29 is 4.74 Å². The fourth-order valence-electron chi connectivity index (χ4n) is 5.19. The van der Waals surface area contributed by atoms with E-state index in [1.165, 1.54) is 38.6 Å². The minimum atomic E-state index is 0.192. The van der Waals surface area contributed by atoms with Gasteiger partial charge in [-0.2, -0.15) is 0 Å². The molecule has 0 aromatic carbocycles. The molecule has 2 saturated heterocycles. The van der Waals surface area contributed by atoms with E-state index >= 15 is 0 Å². The Labute approximate surface area is 154 Å². The average molecular weight is 351 g/mol. The van der Waals surface area contributed by atoms with E-state index in [4.69, 9.17) is 9.73 Å². The predicted molar refractivity (Wildman–Crippen MR) is 104 cm³/mol. The van der Waals surface area contributed by atoms with Crippen molar-refractivity contribution in [1.29, 1.82) is 0 Å². The van der Waals surface area contributed by atoms with Gasteiger partial charge in [-0.25, -0.2) is 0 Å². The largest absolute Gasteiger partial charge is 0.377 e. The van der Waals surface area contributed by atoms with Gasteiger partial charge in [0.2, 0.25) is 0 Å². The van der Waals surface area contributed by atoms with Crippen molar-refractivity contribution in [2.45, 2.75) is 78.0 Å². The Morgan fingerprint density at radius 2 is 2.08 bits per heavy atom. The summed E-state index contributed by atoms with van der Waals surface area (Å²) in [7, 11) is 0. The van der Waals surface area contributed by atoms with E-state index in [1.807, 2.05) is 0 Å². The van der Waals surface area contributed by atoms with Gasteiger partial charge in [0.1, 0.15) is 0 Å². The molecule has 0 bridgehead atoms. The van der Waals surface area contributed by atoms with Crippen LogP contribution in [0.1, 0.15) is 59.8 Å². The van der Waals surface area contributed by atoms with Gasteiger partial charge >= 0.3 is 0 Å². The minimum Gasteiger partial charge on any atom is -0.377 e. The van der Waals surface area contributed by atoms with Gasteiger partial charge in [0, 0.05) is 43.1 Å². The van der Waals surface area contributed by atoms with Crippen LogP contribution in [0.25, 0.3) is 0 Å². The first-order valence-corrected chi connectivity index (χ1v) is 10.5. The van der Waals surface area contributed by atoms with Crippen LogP contribution in [0.15, 0.2) is 4.99 Å². The van der Waals surface area contributed by atoms with Crippen LogP contribution in [-0.4, -0.2) is 61.8 Å². The molecule has 4 unspecified atom stereocenters. The lowest BCUT2D eigenvalue weighted by molar-refractivity contribution is -0.106. The molecule has 0 radical (unpaired) electrons. The number of ether oxygens (including phenoxy) is 1. The molecule has 2 heterocycles. The number of guanidine groups is 1. The molecule has 3 fully saturated rings. The average Bonchev–Trinajstić information content (AvgIpc) is 3.07. The first kappa shape index (κ1) is 19.0. The summed E-state index contributed by atoms with van der Waals surface area (Å²) in [4.78, 5) is 7.53. The highest BCUT2D eigenvalue weighted by Crippen LogP contribution is 2.52. The lowest BCUT2D eigenvalue weighted by atomic mass is 9.57. The zero-order chi connectivity index (χ0) is 17.9. The van der Waals surface area contributed by atoms with E-state index < -0.39 is 0 Å². The molecule has 2 N–H and O–H groups in total. The van der Waals surface area contributed by atoms with Gasteiger partial charge in [-0.05, 0) is 39.2 Å². The van der Waals surface area contributed by atoms with Crippen molar-refractivity contribution in [1.82, 2.24) is 15.5 Å². The predicted octanol–water partition coefficient (Wildman–Crippen LogP) is 2.62. The van der Waals surface area contributed by atoms with Crippen molar-refractivity contribution >= 4 is 5.96 Å². The lowest BCUT2D eigenvalue weighted by Gasteiger charge is -2.54. The second-order valence-corrected chi connectivity index (χ2v) is 8.54. The third kappa shape index (κ3) is 3.97. The van der Waals surface area contributed by atoms with Gasteiger partial charge < -0.3 is 15.4 Å². The molecule has 4 atom stereocenters. The number of aliphatic imine (C=N–C) groups is 1. The Bertz CT molecular complexity index is 465. The number of nitrogens with zero attached hydrogens (tertiary/aromatic N) is 2. The maximum absolute atomic E-state index is 5.92. The highest BCUT2D eigenvalue weighted by atomic mass is 16.5. The Balaban J connectivity index is 1.54. The number of hydrogen-bond acceptors (Lipinski definition) is 3. The number of fused-ring (bicyclic) bond motifs is 1. The summed E-state index contributed by atoms with van der Waals surface area (Å²) in [6.45, 7) is 14.1. The maximum atomic E-state index is 5.92. The van der Waals surface area contributed by atoms with Gasteiger partial charge in [-0.15, -0.1) is 0 Å². The van der Waals surface area contributed by atoms with Gasteiger partial charge in [0.25, 0.3) is 0 Å². The van der Waals surface area contributed by atoms with Crippen LogP contribution in [0.5, 0.6) is 0 Å². The number of piperidine rings is 1. The molecular formula is C20H38N4O. The van der Waals surface area contributed by atoms with Gasteiger partial charge in [-0.3, -0.25) is 9.89 Å². The number of rotatable bonds is 6. The van der Waals surface area contributed by atoms with Crippen LogP contribution in [0.4, 0.5) is 0 Å². The topological polar surface area (TPSA) is 48.9 Å². The smallest absolute Gasteiger partial charge is 0.191 e. The Morgan fingerprint density at radius 1 is 1.24 bits per heavy atom.